The standard InChI is InChI=1S/C29H35N3O/c1-19(2)32-27-14-20(3)24(15-26(27)21(4)17-29(32,5)6)18-30-31-28(33)16-23-12-9-11-22-10-7-8-13-25(22)23/h7-15,18-19,21H,16-17H2,1-6H3,(H,31,33)/b30-18-/t21-/m1/s1. The van der Waals surface area contributed by atoms with Gasteiger partial charge in [-0.2, -0.15) is 5.10 Å². The Morgan fingerprint density at radius 1 is 1.18 bits per heavy atom. The van der Waals surface area contributed by atoms with Crippen molar-refractivity contribution in [3.8, 4) is 0 Å². The summed E-state index contributed by atoms with van der Waals surface area (Å²) in [6, 6.07) is 19.2. The van der Waals surface area contributed by atoms with E-state index in [1.165, 1.54) is 11.3 Å². The third kappa shape index (κ3) is 4.66. The minimum Gasteiger partial charge on any atom is -0.364 e. The van der Waals surface area contributed by atoms with Gasteiger partial charge in [-0.15, -0.1) is 0 Å². The number of rotatable bonds is 5. The van der Waals surface area contributed by atoms with Gasteiger partial charge in [0.2, 0.25) is 5.91 Å². The van der Waals surface area contributed by atoms with E-state index < -0.39 is 0 Å². The maximum atomic E-state index is 12.6. The number of amides is 1. The molecule has 0 unspecified atom stereocenters. The molecule has 0 saturated carbocycles. The molecule has 3 aromatic rings. The molecule has 0 fully saturated rings. The van der Waals surface area contributed by atoms with Gasteiger partial charge in [-0.05, 0) is 92.1 Å². The molecule has 3 aromatic carbocycles. The van der Waals surface area contributed by atoms with Crippen LogP contribution in [0.1, 0.15) is 69.2 Å². The van der Waals surface area contributed by atoms with E-state index in [4.69, 9.17) is 0 Å². The number of fused-ring (bicyclic) bond motifs is 2. The number of carbonyl (C=O) groups is 1. The fourth-order valence-electron chi connectivity index (χ4n) is 5.56. The fourth-order valence-corrected chi connectivity index (χ4v) is 5.56. The lowest BCUT2D eigenvalue weighted by Gasteiger charge is -2.50. The summed E-state index contributed by atoms with van der Waals surface area (Å²) < 4.78 is 0. The van der Waals surface area contributed by atoms with Crippen LogP contribution in [-0.4, -0.2) is 23.7 Å². The molecular weight excluding hydrogens is 406 g/mol. The minimum absolute atomic E-state index is 0.112. The molecule has 0 aromatic heterocycles. The molecule has 0 aliphatic carbocycles. The second-order valence-corrected chi connectivity index (χ2v) is 10.3. The predicted octanol–water partition coefficient (Wildman–Crippen LogP) is 6.34. The highest BCUT2D eigenvalue weighted by molar-refractivity contribution is 5.91. The van der Waals surface area contributed by atoms with E-state index in [9.17, 15) is 4.79 Å². The number of nitrogens with zero attached hydrogens (tertiary/aromatic N) is 2. The van der Waals surface area contributed by atoms with Crippen LogP contribution in [0.2, 0.25) is 0 Å². The second kappa shape index (κ2) is 9.01. The number of nitrogens with one attached hydrogen (secondary N) is 1. The SMILES string of the molecule is Cc1cc2c(cc1/C=N\NC(=O)Cc1cccc3ccccc13)[C@H](C)CC(C)(C)N2C(C)C. The Bertz CT molecular complexity index is 1200. The summed E-state index contributed by atoms with van der Waals surface area (Å²) in [6.45, 7) is 13.6. The molecule has 1 aliphatic heterocycles. The third-order valence-corrected chi connectivity index (χ3v) is 6.80. The molecule has 1 atom stereocenters. The molecule has 0 saturated heterocycles. The van der Waals surface area contributed by atoms with Crippen molar-refractivity contribution in [3.05, 3.63) is 76.9 Å². The zero-order chi connectivity index (χ0) is 23.8. The zero-order valence-electron chi connectivity index (χ0n) is 20.6. The van der Waals surface area contributed by atoms with E-state index in [0.29, 0.717) is 18.4 Å². The van der Waals surface area contributed by atoms with Crippen molar-refractivity contribution in [3.63, 3.8) is 0 Å². The van der Waals surface area contributed by atoms with E-state index in [2.05, 4.69) is 87.3 Å². The molecule has 4 heteroatoms. The average molecular weight is 442 g/mol. The molecule has 0 spiro atoms. The maximum Gasteiger partial charge on any atom is 0.244 e. The molecule has 172 valence electrons. The molecule has 0 bridgehead atoms. The highest BCUT2D eigenvalue weighted by atomic mass is 16.2. The van der Waals surface area contributed by atoms with Crippen LogP contribution < -0.4 is 10.3 Å². The Morgan fingerprint density at radius 3 is 2.67 bits per heavy atom. The molecule has 33 heavy (non-hydrogen) atoms. The highest BCUT2D eigenvalue weighted by Crippen LogP contribution is 2.45. The van der Waals surface area contributed by atoms with Gasteiger partial charge < -0.3 is 4.90 Å². The molecule has 1 N–H and O–H groups in total. The first-order chi connectivity index (χ1) is 15.7. The number of hydrazone groups is 1. The van der Waals surface area contributed by atoms with Crippen LogP contribution in [0.25, 0.3) is 10.8 Å². The Balaban J connectivity index is 1.52. The van der Waals surface area contributed by atoms with Crippen molar-refractivity contribution in [1.29, 1.82) is 0 Å². The Labute approximate surface area is 197 Å². The summed E-state index contributed by atoms with van der Waals surface area (Å²) in [5, 5.41) is 6.55. The Hall–Kier alpha value is -3.14. The minimum atomic E-state index is -0.112. The lowest BCUT2D eigenvalue weighted by Crippen LogP contribution is -2.51. The van der Waals surface area contributed by atoms with Crippen LogP contribution in [0, 0.1) is 6.92 Å². The van der Waals surface area contributed by atoms with Crippen LogP contribution >= 0.6 is 0 Å². The van der Waals surface area contributed by atoms with E-state index in [-0.39, 0.29) is 11.4 Å². The topological polar surface area (TPSA) is 44.7 Å². The summed E-state index contributed by atoms with van der Waals surface area (Å²) in [5.41, 5.74) is 8.75. The van der Waals surface area contributed by atoms with Crippen LogP contribution in [0.3, 0.4) is 0 Å². The third-order valence-electron chi connectivity index (χ3n) is 6.80. The average Bonchev–Trinajstić information content (AvgIpc) is 2.74. The largest absolute Gasteiger partial charge is 0.364 e. The van der Waals surface area contributed by atoms with Gasteiger partial charge in [-0.3, -0.25) is 4.79 Å². The monoisotopic (exact) mass is 441 g/mol. The molecule has 4 nitrogen and oxygen atoms in total. The van der Waals surface area contributed by atoms with Crippen molar-refractivity contribution < 1.29 is 4.79 Å². The van der Waals surface area contributed by atoms with Crippen LogP contribution in [0.4, 0.5) is 5.69 Å². The van der Waals surface area contributed by atoms with Gasteiger partial charge in [0.25, 0.3) is 0 Å². The number of hydrogen-bond acceptors (Lipinski definition) is 3. The molecule has 1 heterocycles. The number of anilines is 1. The summed E-state index contributed by atoms with van der Waals surface area (Å²) in [5.74, 6) is 0.359. The summed E-state index contributed by atoms with van der Waals surface area (Å²) in [4.78, 5) is 15.1. The Kier molecular flexibility index (Phi) is 6.29. The van der Waals surface area contributed by atoms with Gasteiger partial charge in [-0.25, -0.2) is 5.43 Å². The van der Waals surface area contributed by atoms with Crippen molar-refractivity contribution in [2.45, 2.75) is 71.9 Å². The van der Waals surface area contributed by atoms with Crippen LogP contribution in [-0.2, 0) is 11.2 Å². The zero-order valence-corrected chi connectivity index (χ0v) is 20.6. The van der Waals surface area contributed by atoms with Gasteiger partial charge in [0, 0.05) is 17.3 Å². The number of carbonyl (C=O) groups excluding carboxylic acids is 1. The van der Waals surface area contributed by atoms with E-state index >= 15 is 0 Å². The van der Waals surface area contributed by atoms with E-state index in [1.807, 2.05) is 24.3 Å². The first kappa shape index (κ1) is 23.0. The summed E-state index contributed by atoms with van der Waals surface area (Å²) in [6.07, 6.45) is 3.19. The van der Waals surface area contributed by atoms with E-state index in [0.717, 1.165) is 33.9 Å². The van der Waals surface area contributed by atoms with Crippen molar-refractivity contribution in [2.24, 2.45) is 5.10 Å². The quantitative estimate of drug-likeness (QED) is 0.371. The van der Waals surface area contributed by atoms with Gasteiger partial charge >= 0.3 is 0 Å². The molecular formula is C29H35N3O. The molecule has 1 aliphatic rings. The maximum absolute atomic E-state index is 12.6. The van der Waals surface area contributed by atoms with Crippen LogP contribution in [0.15, 0.2) is 59.7 Å². The lowest BCUT2D eigenvalue weighted by molar-refractivity contribution is -0.120. The fraction of sp³-hybridized carbons (Fsp3) is 0.379. The van der Waals surface area contributed by atoms with Crippen molar-refractivity contribution >= 4 is 28.6 Å². The first-order valence-electron chi connectivity index (χ1n) is 11.9. The smallest absolute Gasteiger partial charge is 0.244 e. The van der Waals surface area contributed by atoms with E-state index in [1.54, 1.807) is 6.21 Å². The Morgan fingerprint density at radius 2 is 1.91 bits per heavy atom. The number of benzene rings is 3. The number of hydrogen-bond donors (Lipinski definition) is 1. The van der Waals surface area contributed by atoms with Gasteiger partial charge in [0.05, 0.1) is 12.6 Å². The van der Waals surface area contributed by atoms with Gasteiger partial charge in [0.1, 0.15) is 0 Å². The van der Waals surface area contributed by atoms with Crippen molar-refractivity contribution in [1.82, 2.24) is 5.43 Å². The normalized spacial score (nSPS) is 17.5. The lowest BCUT2D eigenvalue weighted by atomic mass is 9.78. The second-order valence-electron chi connectivity index (χ2n) is 10.3. The molecule has 0 radical (unpaired) electrons. The first-order valence-corrected chi connectivity index (χ1v) is 11.9. The highest BCUT2D eigenvalue weighted by Gasteiger charge is 2.37. The van der Waals surface area contributed by atoms with Crippen LogP contribution in [0.5, 0.6) is 0 Å². The molecule has 1 amide bonds. The van der Waals surface area contributed by atoms with Crippen molar-refractivity contribution in [2.75, 3.05) is 4.90 Å². The number of aryl methyl sites for hydroxylation is 1. The summed E-state index contributed by atoms with van der Waals surface area (Å²) in [7, 11) is 0. The van der Waals surface area contributed by atoms with Gasteiger partial charge in [-0.1, -0.05) is 49.4 Å². The molecule has 4 rings (SSSR count). The summed E-state index contributed by atoms with van der Waals surface area (Å²) >= 11 is 0. The van der Waals surface area contributed by atoms with Gasteiger partial charge in [0.15, 0.2) is 0 Å². The predicted molar refractivity (Wildman–Crippen MR) is 139 cm³/mol.